The summed E-state index contributed by atoms with van der Waals surface area (Å²) in [6.07, 6.45) is 1.11. The molecule has 0 amide bonds. The second-order valence-corrected chi connectivity index (χ2v) is 5.12. The maximum absolute atomic E-state index is 6.16. The van der Waals surface area contributed by atoms with Crippen LogP contribution in [0.3, 0.4) is 0 Å². The number of benzene rings is 1. The highest BCUT2D eigenvalue weighted by Gasteiger charge is 2.19. The minimum Gasteiger partial charge on any atom is -0.357 e. The Kier molecular flexibility index (Phi) is 5.07. The third-order valence-corrected chi connectivity index (χ3v) is 3.73. The van der Waals surface area contributed by atoms with E-state index in [2.05, 4.69) is 30.9 Å². The van der Waals surface area contributed by atoms with Crippen molar-refractivity contribution in [1.82, 2.24) is 9.78 Å². The molecule has 4 heteroatoms. The zero-order valence-electron chi connectivity index (χ0n) is 12.4. The largest absolute Gasteiger partial charge is 0.357 e. The van der Waals surface area contributed by atoms with Crippen LogP contribution >= 0.6 is 11.6 Å². The summed E-state index contributed by atoms with van der Waals surface area (Å²) in [5.41, 5.74) is 3.22. The molecule has 0 radical (unpaired) electrons. The molecule has 0 aliphatic heterocycles. The van der Waals surface area contributed by atoms with Gasteiger partial charge in [-0.25, -0.2) is 4.68 Å². The van der Waals surface area contributed by atoms with Crippen LogP contribution in [0.25, 0.3) is 5.69 Å². The number of hydrogen-bond acceptors (Lipinski definition) is 2. The molecule has 0 N–H and O–H groups in total. The van der Waals surface area contributed by atoms with Gasteiger partial charge < -0.3 is 4.90 Å². The number of nitrogens with zero attached hydrogens (tertiary/aromatic N) is 3. The molecule has 3 nitrogen and oxygen atoms in total. The van der Waals surface area contributed by atoms with Gasteiger partial charge in [0, 0.05) is 18.7 Å². The molecule has 1 aromatic carbocycles. The highest BCUT2D eigenvalue weighted by Crippen LogP contribution is 2.28. The van der Waals surface area contributed by atoms with E-state index in [9.17, 15) is 0 Å². The lowest BCUT2D eigenvalue weighted by Crippen LogP contribution is -2.27. The number of aryl methyl sites for hydroxylation is 1. The van der Waals surface area contributed by atoms with Gasteiger partial charge >= 0.3 is 0 Å². The number of aromatic nitrogens is 2. The average molecular weight is 292 g/mol. The molecule has 1 heterocycles. The summed E-state index contributed by atoms with van der Waals surface area (Å²) in [5, 5.41) is 4.69. The Morgan fingerprint density at radius 2 is 1.90 bits per heavy atom. The molecule has 0 unspecified atom stereocenters. The summed E-state index contributed by atoms with van der Waals surface area (Å²) in [6.45, 7) is 8.36. The van der Waals surface area contributed by atoms with Crippen molar-refractivity contribution in [2.75, 3.05) is 18.0 Å². The monoisotopic (exact) mass is 291 g/mol. The molecule has 0 saturated heterocycles. The SMILES string of the molecule is CCCN(CC)c1c(CCl)c(C)nn1-c1ccccc1. The lowest BCUT2D eigenvalue weighted by molar-refractivity contribution is 0.741. The fraction of sp³-hybridized carbons (Fsp3) is 0.438. The molecule has 0 atom stereocenters. The fourth-order valence-corrected chi connectivity index (χ4v) is 2.77. The van der Waals surface area contributed by atoms with Crippen LogP contribution < -0.4 is 4.90 Å². The van der Waals surface area contributed by atoms with E-state index in [1.807, 2.05) is 29.8 Å². The van der Waals surface area contributed by atoms with Gasteiger partial charge in [0.1, 0.15) is 5.82 Å². The summed E-state index contributed by atoms with van der Waals surface area (Å²) >= 11 is 6.16. The average Bonchev–Trinajstić information content (AvgIpc) is 2.82. The molecule has 1 aromatic heterocycles. The quantitative estimate of drug-likeness (QED) is 0.745. The summed E-state index contributed by atoms with van der Waals surface area (Å²) in [6, 6.07) is 10.2. The Balaban J connectivity index is 2.57. The summed E-state index contributed by atoms with van der Waals surface area (Å²) in [7, 11) is 0. The summed E-state index contributed by atoms with van der Waals surface area (Å²) in [5.74, 6) is 1.63. The Labute approximate surface area is 126 Å². The molecular weight excluding hydrogens is 270 g/mol. The van der Waals surface area contributed by atoms with Crippen molar-refractivity contribution in [2.24, 2.45) is 0 Å². The van der Waals surface area contributed by atoms with Crippen molar-refractivity contribution in [3.05, 3.63) is 41.6 Å². The van der Waals surface area contributed by atoms with Crippen molar-refractivity contribution >= 4 is 17.4 Å². The van der Waals surface area contributed by atoms with Crippen LogP contribution in [0.5, 0.6) is 0 Å². The summed E-state index contributed by atoms with van der Waals surface area (Å²) < 4.78 is 2.02. The number of halogens is 1. The topological polar surface area (TPSA) is 21.1 Å². The summed E-state index contributed by atoms with van der Waals surface area (Å²) in [4.78, 5) is 2.35. The third-order valence-electron chi connectivity index (χ3n) is 3.47. The molecule has 0 spiro atoms. The van der Waals surface area contributed by atoms with E-state index < -0.39 is 0 Å². The molecular formula is C16H22ClN3. The van der Waals surface area contributed by atoms with Crippen LogP contribution in [-0.4, -0.2) is 22.9 Å². The number of anilines is 1. The number of para-hydroxylation sites is 1. The Bertz CT molecular complexity index is 548. The van der Waals surface area contributed by atoms with Crippen molar-refractivity contribution in [3.63, 3.8) is 0 Å². The first-order valence-corrected chi connectivity index (χ1v) is 7.71. The molecule has 0 bridgehead atoms. The van der Waals surface area contributed by atoms with Gasteiger partial charge in [-0.3, -0.25) is 0 Å². The van der Waals surface area contributed by atoms with Gasteiger partial charge in [-0.15, -0.1) is 11.6 Å². The van der Waals surface area contributed by atoms with Crippen molar-refractivity contribution in [2.45, 2.75) is 33.1 Å². The highest BCUT2D eigenvalue weighted by atomic mass is 35.5. The number of rotatable bonds is 6. The smallest absolute Gasteiger partial charge is 0.137 e. The second kappa shape index (κ2) is 6.80. The fourth-order valence-electron chi connectivity index (χ4n) is 2.46. The van der Waals surface area contributed by atoms with E-state index in [1.54, 1.807) is 0 Å². The third kappa shape index (κ3) is 2.83. The molecule has 0 fully saturated rings. The predicted molar refractivity (Wildman–Crippen MR) is 86.0 cm³/mol. The van der Waals surface area contributed by atoms with Crippen molar-refractivity contribution < 1.29 is 0 Å². The molecule has 0 aliphatic rings. The Morgan fingerprint density at radius 3 is 2.45 bits per heavy atom. The van der Waals surface area contributed by atoms with Crippen LogP contribution in [-0.2, 0) is 5.88 Å². The highest BCUT2D eigenvalue weighted by molar-refractivity contribution is 6.17. The van der Waals surface area contributed by atoms with E-state index in [4.69, 9.17) is 16.7 Å². The first-order chi connectivity index (χ1) is 9.72. The van der Waals surface area contributed by atoms with Gasteiger partial charge in [-0.1, -0.05) is 25.1 Å². The zero-order chi connectivity index (χ0) is 14.5. The van der Waals surface area contributed by atoms with E-state index in [-0.39, 0.29) is 0 Å². The Hall–Kier alpha value is -1.48. The first-order valence-electron chi connectivity index (χ1n) is 7.17. The molecule has 108 valence electrons. The second-order valence-electron chi connectivity index (χ2n) is 4.85. The van der Waals surface area contributed by atoms with Crippen LogP contribution in [0.4, 0.5) is 5.82 Å². The lowest BCUT2D eigenvalue weighted by atomic mass is 10.2. The van der Waals surface area contributed by atoms with Crippen LogP contribution in [0.1, 0.15) is 31.5 Å². The predicted octanol–water partition coefficient (Wildman–Crippen LogP) is 4.16. The van der Waals surface area contributed by atoms with Crippen molar-refractivity contribution in [1.29, 1.82) is 0 Å². The van der Waals surface area contributed by atoms with Gasteiger partial charge in [-0.05, 0) is 32.4 Å². The standard InChI is InChI=1S/C16H22ClN3/c1-4-11-19(5-2)16-15(12-17)13(3)18-20(16)14-9-7-6-8-10-14/h6-10H,4-5,11-12H2,1-3H3. The minimum absolute atomic E-state index is 0.494. The normalized spacial score (nSPS) is 10.8. The van der Waals surface area contributed by atoms with Gasteiger partial charge in [0.25, 0.3) is 0 Å². The van der Waals surface area contributed by atoms with Crippen molar-refractivity contribution in [3.8, 4) is 5.69 Å². The van der Waals surface area contributed by atoms with E-state index in [1.165, 1.54) is 0 Å². The van der Waals surface area contributed by atoms with E-state index >= 15 is 0 Å². The molecule has 0 saturated carbocycles. The van der Waals surface area contributed by atoms with E-state index in [0.29, 0.717) is 5.88 Å². The van der Waals surface area contributed by atoms with Gasteiger partial charge in [0.05, 0.1) is 17.3 Å². The zero-order valence-corrected chi connectivity index (χ0v) is 13.2. The van der Waals surface area contributed by atoms with Gasteiger partial charge in [0.2, 0.25) is 0 Å². The first kappa shape index (κ1) is 14.9. The lowest BCUT2D eigenvalue weighted by Gasteiger charge is -2.24. The maximum atomic E-state index is 6.16. The molecule has 2 rings (SSSR count). The Morgan fingerprint density at radius 1 is 1.20 bits per heavy atom. The van der Waals surface area contributed by atoms with Crippen LogP contribution in [0.15, 0.2) is 30.3 Å². The van der Waals surface area contributed by atoms with Crippen LogP contribution in [0.2, 0.25) is 0 Å². The molecule has 0 aliphatic carbocycles. The number of hydrogen-bond donors (Lipinski definition) is 0. The minimum atomic E-state index is 0.494. The van der Waals surface area contributed by atoms with Gasteiger partial charge in [0.15, 0.2) is 0 Å². The van der Waals surface area contributed by atoms with Crippen LogP contribution in [0, 0.1) is 6.92 Å². The van der Waals surface area contributed by atoms with E-state index in [0.717, 1.165) is 42.3 Å². The molecule has 2 aromatic rings. The van der Waals surface area contributed by atoms with Gasteiger partial charge in [-0.2, -0.15) is 5.10 Å². The maximum Gasteiger partial charge on any atom is 0.137 e. The molecule has 20 heavy (non-hydrogen) atoms. The number of alkyl halides is 1.